The van der Waals surface area contributed by atoms with Gasteiger partial charge in [-0.1, -0.05) is 19.1 Å². The van der Waals surface area contributed by atoms with E-state index < -0.39 is 0 Å². The van der Waals surface area contributed by atoms with Crippen LogP contribution in [0, 0.1) is 0 Å². The lowest BCUT2D eigenvalue weighted by Crippen LogP contribution is -2.51. The monoisotopic (exact) mass is 323 g/mol. The second-order valence-electron chi connectivity index (χ2n) is 6.64. The molecule has 23 heavy (non-hydrogen) atoms. The Morgan fingerprint density at radius 2 is 2.22 bits per heavy atom. The number of piperidine rings is 1. The van der Waals surface area contributed by atoms with Gasteiger partial charge in [-0.15, -0.1) is 0 Å². The summed E-state index contributed by atoms with van der Waals surface area (Å²) in [6.45, 7) is 6.75. The third kappa shape index (κ3) is 5.41. The first-order valence-corrected chi connectivity index (χ1v) is 8.64. The van der Waals surface area contributed by atoms with Crippen LogP contribution in [0.5, 0.6) is 0 Å². The molecule has 6 heteroatoms. The van der Waals surface area contributed by atoms with Gasteiger partial charge in [0.15, 0.2) is 0 Å². The number of nitrogens with two attached hydrogens (primary N) is 1. The van der Waals surface area contributed by atoms with Crippen molar-refractivity contribution in [2.24, 2.45) is 5.73 Å². The highest BCUT2D eigenvalue weighted by Gasteiger charge is 2.28. The van der Waals surface area contributed by atoms with Crippen LogP contribution in [0.15, 0.2) is 12.2 Å². The summed E-state index contributed by atoms with van der Waals surface area (Å²) in [6.07, 6.45) is 6.12. The van der Waals surface area contributed by atoms with Gasteiger partial charge in [0, 0.05) is 19.0 Å². The van der Waals surface area contributed by atoms with E-state index in [4.69, 9.17) is 10.5 Å². The van der Waals surface area contributed by atoms with Crippen molar-refractivity contribution in [2.45, 2.75) is 76.2 Å². The molecule has 0 aromatic rings. The van der Waals surface area contributed by atoms with Crippen LogP contribution in [0.1, 0.15) is 51.9 Å². The zero-order valence-corrected chi connectivity index (χ0v) is 14.0. The van der Waals surface area contributed by atoms with E-state index in [2.05, 4.69) is 24.1 Å². The quantitative estimate of drug-likeness (QED) is 0.458. The first-order chi connectivity index (χ1) is 11.0. The van der Waals surface area contributed by atoms with Crippen LogP contribution in [0.4, 0.5) is 0 Å². The van der Waals surface area contributed by atoms with Gasteiger partial charge >= 0.3 is 0 Å². The molecule has 6 nitrogen and oxygen atoms in total. The largest absolute Gasteiger partial charge is 0.373 e. The lowest BCUT2D eigenvalue weighted by molar-refractivity contribution is -0.134. The summed E-state index contributed by atoms with van der Waals surface area (Å²) in [4.78, 5) is 22.8. The van der Waals surface area contributed by atoms with Crippen LogP contribution in [0.3, 0.4) is 0 Å². The van der Waals surface area contributed by atoms with Crippen LogP contribution >= 0.6 is 0 Å². The number of carbonyl (C=O) groups excluding carboxylic acids is 2. The van der Waals surface area contributed by atoms with E-state index in [1.54, 1.807) is 0 Å². The van der Waals surface area contributed by atoms with Gasteiger partial charge in [-0.2, -0.15) is 0 Å². The smallest absolute Gasteiger partial charge is 0.243 e. The minimum Gasteiger partial charge on any atom is -0.373 e. The summed E-state index contributed by atoms with van der Waals surface area (Å²) in [7, 11) is 0. The number of nitrogens with one attached hydrogen (secondary N) is 2. The second kappa shape index (κ2) is 8.57. The molecule has 0 spiro atoms. The number of carbonyl (C=O) groups is 2. The average Bonchev–Trinajstić information content (AvgIpc) is 2.91. The van der Waals surface area contributed by atoms with Crippen LogP contribution in [-0.4, -0.2) is 42.7 Å². The SMILES string of the molecule is C=C(CNC1CCC(=O)NC1=O)C[C@H](CC)O[C@H]1CCC[C@@H]1N. The summed E-state index contributed by atoms with van der Waals surface area (Å²) < 4.78 is 6.13. The Morgan fingerprint density at radius 3 is 2.83 bits per heavy atom. The van der Waals surface area contributed by atoms with E-state index in [1.165, 1.54) is 0 Å². The zero-order chi connectivity index (χ0) is 16.8. The molecule has 2 fully saturated rings. The van der Waals surface area contributed by atoms with Crippen molar-refractivity contribution in [1.29, 1.82) is 0 Å². The molecule has 2 rings (SSSR count). The Morgan fingerprint density at radius 1 is 1.43 bits per heavy atom. The van der Waals surface area contributed by atoms with Crippen molar-refractivity contribution in [3.05, 3.63) is 12.2 Å². The molecule has 1 saturated heterocycles. The Hall–Kier alpha value is -1.24. The van der Waals surface area contributed by atoms with E-state index in [9.17, 15) is 9.59 Å². The Balaban J connectivity index is 1.72. The van der Waals surface area contributed by atoms with Crippen molar-refractivity contribution in [1.82, 2.24) is 10.6 Å². The molecule has 130 valence electrons. The summed E-state index contributed by atoms with van der Waals surface area (Å²) in [6, 6.07) is -0.160. The van der Waals surface area contributed by atoms with Gasteiger partial charge in [-0.05, 0) is 38.5 Å². The molecule has 1 aliphatic heterocycles. The van der Waals surface area contributed by atoms with Gasteiger partial charge in [-0.25, -0.2) is 0 Å². The van der Waals surface area contributed by atoms with E-state index in [1.807, 2.05) is 0 Å². The molecule has 1 heterocycles. The fourth-order valence-electron chi connectivity index (χ4n) is 3.21. The lowest BCUT2D eigenvalue weighted by Gasteiger charge is -2.26. The highest BCUT2D eigenvalue weighted by molar-refractivity contribution is 6.00. The van der Waals surface area contributed by atoms with Gasteiger partial charge in [0.2, 0.25) is 11.8 Å². The average molecular weight is 323 g/mol. The van der Waals surface area contributed by atoms with Crippen LogP contribution in [0.2, 0.25) is 0 Å². The highest BCUT2D eigenvalue weighted by atomic mass is 16.5. The standard InChI is InChI=1S/C17H29N3O3/c1-3-12(23-15-6-4-5-13(15)18)9-11(2)10-19-14-7-8-16(21)20-17(14)22/h12-15,19H,2-10,18H2,1H3,(H,20,21,22)/t12-,13-,14?,15-/m0/s1. The maximum Gasteiger partial charge on any atom is 0.243 e. The fraction of sp³-hybridized carbons (Fsp3) is 0.765. The predicted molar refractivity (Wildman–Crippen MR) is 88.7 cm³/mol. The van der Waals surface area contributed by atoms with Crippen molar-refractivity contribution >= 4 is 11.8 Å². The molecule has 0 aromatic heterocycles. The first-order valence-electron chi connectivity index (χ1n) is 8.64. The summed E-state index contributed by atoms with van der Waals surface area (Å²) in [5, 5.41) is 5.53. The number of ether oxygens (including phenoxy) is 1. The molecule has 2 aliphatic rings. The van der Waals surface area contributed by atoms with E-state index >= 15 is 0 Å². The third-order valence-corrected chi connectivity index (χ3v) is 4.68. The molecule has 1 aliphatic carbocycles. The molecule has 1 saturated carbocycles. The molecule has 2 amide bonds. The van der Waals surface area contributed by atoms with E-state index in [-0.39, 0.29) is 36.1 Å². The third-order valence-electron chi connectivity index (χ3n) is 4.68. The minimum atomic E-state index is -0.311. The summed E-state index contributed by atoms with van der Waals surface area (Å²) in [5.41, 5.74) is 7.07. The Bertz CT molecular complexity index is 452. The van der Waals surface area contributed by atoms with Crippen molar-refractivity contribution < 1.29 is 14.3 Å². The van der Waals surface area contributed by atoms with Gasteiger partial charge in [0.05, 0.1) is 18.2 Å². The molecule has 4 N–H and O–H groups in total. The van der Waals surface area contributed by atoms with Gasteiger partial charge in [-0.3, -0.25) is 14.9 Å². The maximum atomic E-state index is 11.7. The molecule has 1 unspecified atom stereocenters. The second-order valence-corrected chi connectivity index (χ2v) is 6.64. The topological polar surface area (TPSA) is 93.5 Å². The molecule has 0 radical (unpaired) electrons. The van der Waals surface area contributed by atoms with Gasteiger partial charge < -0.3 is 15.8 Å². The minimum absolute atomic E-state index is 0.125. The lowest BCUT2D eigenvalue weighted by atomic mass is 10.0. The normalized spacial score (nSPS) is 29.4. The fourth-order valence-corrected chi connectivity index (χ4v) is 3.21. The number of hydrogen-bond acceptors (Lipinski definition) is 5. The maximum absolute atomic E-state index is 11.7. The van der Waals surface area contributed by atoms with E-state index in [0.29, 0.717) is 19.4 Å². The molecule has 0 aromatic carbocycles. The summed E-state index contributed by atoms with van der Waals surface area (Å²) >= 11 is 0. The van der Waals surface area contributed by atoms with Crippen LogP contribution < -0.4 is 16.4 Å². The van der Waals surface area contributed by atoms with Crippen LogP contribution in [0.25, 0.3) is 0 Å². The van der Waals surface area contributed by atoms with E-state index in [0.717, 1.165) is 37.7 Å². The predicted octanol–water partition coefficient (Wildman–Crippen LogP) is 1.00. The number of hydrogen-bond donors (Lipinski definition) is 3. The molecule has 4 atom stereocenters. The molecular weight excluding hydrogens is 294 g/mol. The van der Waals surface area contributed by atoms with Gasteiger partial charge in [0.25, 0.3) is 0 Å². The molecular formula is C17H29N3O3. The first kappa shape index (κ1) is 18.1. The highest BCUT2D eigenvalue weighted by Crippen LogP contribution is 2.24. The van der Waals surface area contributed by atoms with Crippen molar-refractivity contribution in [3.63, 3.8) is 0 Å². The zero-order valence-electron chi connectivity index (χ0n) is 14.0. The van der Waals surface area contributed by atoms with Crippen LogP contribution in [-0.2, 0) is 14.3 Å². The Kier molecular flexibility index (Phi) is 6.74. The van der Waals surface area contributed by atoms with Gasteiger partial charge in [0.1, 0.15) is 0 Å². The Labute approximate surface area is 138 Å². The number of rotatable bonds is 8. The summed E-state index contributed by atoms with van der Waals surface area (Å²) in [5.74, 6) is -0.437. The van der Waals surface area contributed by atoms with Crippen molar-refractivity contribution in [3.8, 4) is 0 Å². The van der Waals surface area contributed by atoms with Crippen molar-refractivity contribution in [2.75, 3.05) is 6.54 Å². The number of amides is 2. The number of imide groups is 1. The molecule has 0 bridgehead atoms.